The van der Waals surface area contributed by atoms with Crippen LogP contribution < -0.4 is 16.2 Å². The zero-order valence-corrected chi connectivity index (χ0v) is 33.6. The van der Waals surface area contributed by atoms with E-state index in [9.17, 15) is 40.5 Å². The average molecular weight is 879 g/mol. The van der Waals surface area contributed by atoms with E-state index < -0.39 is 51.6 Å². The van der Waals surface area contributed by atoms with Crippen molar-refractivity contribution in [3.8, 4) is 23.8 Å². The SMILES string of the molecule is C#CCOc1cc(-n2nc3n(c2=O)CCCC3)c(Cl)cc1Cl.CP(=O)(O)CCC(N)C(=O)O.CS(=O)(=O)c1cc(C(F)(F)F)ccc1C(=O)c1cnoc1C1CC1. The fourth-order valence-electron chi connectivity index (χ4n) is 5.37. The highest BCUT2D eigenvalue weighted by atomic mass is 35.5. The molecule has 4 N–H and O–H groups in total. The number of hydrogen-bond acceptors (Lipinski definition) is 11. The van der Waals surface area contributed by atoms with E-state index in [1.165, 1.54) is 23.6 Å². The van der Waals surface area contributed by atoms with Gasteiger partial charge >= 0.3 is 17.8 Å². The molecule has 1 saturated carbocycles. The summed E-state index contributed by atoms with van der Waals surface area (Å²) in [6.07, 6.45) is 6.83. The predicted octanol–water partition coefficient (Wildman–Crippen LogP) is 5.58. The molecular formula is C35H37Cl2F3N5O10PS. The van der Waals surface area contributed by atoms with Gasteiger partial charge in [-0.15, -0.1) is 11.5 Å². The van der Waals surface area contributed by atoms with Gasteiger partial charge in [-0.2, -0.15) is 17.9 Å². The standard InChI is InChI=1S/C15H13Cl2N3O2.C15H12F3NO4S.C5H12NO4P/c1-2-7-22-13-9-12(10(16)8-11(13)17)20-15(21)19-6-4-3-5-14(19)18-20;1-24(21,22)12-6-9(15(16,17)18)4-5-10(12)13(20)11-7-19-23-14(11)8-2-3-8;1-11(9,10)3-2-4(6)5(7)8/h1,8-9H,3-7H2;4-8H,2-3H2,1H3;4H,2-3,6H2,1H3,(H,7,8)(H,9,10). The van der Waals surface area contributed by atoms with Crippen LogP contribution in [0, 0.1) is 12.3 Å². The molecule has 2 aromatic carbocycles. The average Bonchev–Trinajstić information content (AvgIpc) is 3.76. The normalized spacial score (nSPS) is 15.4. The number of carboxylic acids is 1. The molecule has 1 aliphatic carbocycles. The van der Waals surface area contributed by atoms with Crippen LogP contribution in [-0.4, -0.2) is 81.4 Å². The van der Waals surface area contributed by atoms with Crippen LogP contribution in [0.3, 0.4) is 0 Å². The highest BCUT2D eigenvalue weighted by Gasteiger charge is 2.36. The Bertz CT molecular complexity index is 2400. The minimum absolute atomic E-state index is 0.0412. The van der Waals surface area contributed by atoms with E-state index in [0.29, 0.717) is 45.9 Å². The number of carbonyl (C=O) groups is 2. The van der Waals surface area contributed by atoms with Gasteiger partial charge in [0.05, 0.1) is 38.0 Å². The minimum Gasteiger partial charge on any atom is -0.480 e. The maximum Gasteiger partial charge on any atom is 0.416 e. The minimum atomic E-state index is -4.71. The number of nitrogens with zero attached hydrogens (tertiary/aromatic N) is 4. The Morgan fingerprint density at radius 3 is 2.42 bits per heavy atom. The maximum absolute atomic E-state index is 12.8. The Morgan fingerprint density at radius 2 is 1.86 bits per heavy atom. The molecule has 0 bridgehead atoms. The number of hydrogen-bond donors (Lipinski definition) is 3. The molecule has 0 amide bonds. The van der Waals surface area contributed by atoms with E-state index >= 15 is 0 Å². The zero-order valence-electron chi connectivity index (χ0n) is 30.3. The first kappa shape index (κ1) is 45.3. The molecule has 308 valence electrons. The number of halogens is 5. The van der Waals surface area contributed by atoms with Crippen molar-refractivity contribution in [3.05, 3.63) is 85.3 Å². The number of fused-ring (bicyclic) bond motifs is 1. The van der Waals surface area contributed by atoms with Gasteiger partial charge in [0.25, 0.3) is 0 Å². The van der Waals surface area contributed by atoms with Crippen LogP contribution in [0.1, 0.15) is 71.1 Å². The second-order valence-corrected chi connectivity index (χ2v) is 18.5. The Hall–Kier alpha value is -4.44. The number of aromatic nitrogens is 4. The molecule has 0 saturated heterocycles. The number of terminal acetylenes is 1. The summed E-state index contributed by atoms with van der Waals surface area (Å²) in [6, 6.07) is 4.12. The number of ketones is 1. The van der Waals surface area contributed by atoms with Crippen molar-refractivity contribution >= 4 is 52.2 Å². The zero-order chi connectivity index (χ0) is 42.5. The van der Waals surface area contributed by atoms with E-state index in [4.69, 9.17) is 54.6 Å². The summed E-state index contributed by atoms with van der Waals surface area (Å²) in [5, 5.41) is 16.9. The van der Waals surface area contributed by atoms with Gasteiger partial charge in [-0.3, -0.25) is 18.7 Å². The third-order valence-corrected chi connectivity index (χ3v) is 11.3. The molecule has 6 rings (SSSR count). The predicted molar refractivity (Wildman–Crippen MR) is 202 cm³/mol. The second kappa shape index (κ2) is 18.4. The molecule has 57 heavy (non-hydrogen) atoms. The van der Waals surface area contributed by atoms with Gasteiger partial charge < -0.3 is 25.0 Å². The van der Waals surface area contributed by atoms with Crippen molar-refractivity contribution in [1.82, 2.24) is 19.5 Å². The van der Waals surface area contributed by atoms with E-state index in [-0.39, 0.29) is 41.9 Å². The van der Waals surface area contributed by atoms with Gasteiger partial charge in [0.2, 0.25) is 0 Å². The van der Waals surface area contributed by atoms with E-state index in [1.54, 1.807) is 10.6 Å². The first-order valence-corrected chi connectivity index (χ1v) is 21.9. The number of carbonyl (C=O) groups excluding carboxylic acids is 1. The molecule has 3 heterocycles. The molecular weight excluding hydrogens is 841 g/mol. The van der Waals surface area contributed by atoms with E-state index in [2.05, 4.69) is 16.2 Å². The monoisotopic (exact) mass is 877 g/mol. The van der Waals surface area contributed by atoms with E-state index in [1.807, 2.05) is 0 Å². The molecule has 15 nitrogen and oxygen atoms in total. The van der Waals surface area contributed by atoms with Crippen molar-refractivity contribution < 1.29 is 55.0 Å². The number of rotatable bonds is 11. The first-order valence-electron chi connectivity index (χ1n) is 17.0. The van der Waals surface area contributed by atoms with Crippen LogP contribution in [0.4, 0.5) is 13.2 Å². The number of sulfone groups is 1. The van der Waals surface area contributed by atoms with Gasteiger partial charge in [0, 0.05) is 49.6 Å². The third kappa shape index (κ3) is 12.0. The van der Waals surface area contributed by atoms with Gasteiger partial charge in [-0.05, 0) is 56.4 Å². The summed E-state index contributed by atoms with van der Waals surface area (Å²) < 4.78 is 86.3. The molecule has 2 atom stereocenters. The van der Waals surface area contributed by atoms with Crippen molar-refractivity contribution in [3.63, 3.8) is 0 Å². The molecule has 22 heteroatoms. The smallest absolute Gasteiger partial charge is 0.416 e. The summed E-state index contributed by atoms with van der Waals surface area (Å²) in [7, 11) is -7.14. The summed E-state index contributed by atoms with van der Waals surface area (Å²) in [4.78, 5) is 43.3. The largest absolute Gasteiger partial charge is 0.480 e. The Balaban J connectivity index is 0.000000203. The Kier molecular flexibility index (Phi) is 14.6. The second-order valence-electron chi connectivity index (χ2n) is 13.1. The van der Waals surface area contributed by atoms with Gasteiger partial charge in [0.15, 0.2) is 28.7 Å². The lowest BCUT2D eigenvalue weighted by atomic mass is 10.0. The fourth-order valence-corrected chi connectivity index (χ4v) is 7.54. The highest BCUT2D eigenvalue weighted by Crippen LogP contribution is 2.42. The molecule has 1 aliphatic heterocycles. The summed E-state index contributed by atoms with van der Waals surface area (Å²) >= 11 is 12.3. The van der Waals surface area contributed by atoms with Crippen molar-refractivity contribution in [2.24, 2.45) is 5.73 Å². The Morgan fingerprint density at radius 1 is 1.18 bits per heavy atom. The molecule has 0 radical (unpaired) electrons. The number of ether oxygens (including phenoxy) is 1. The summed E-state index contributed by atoms with van der Waals surface area (Å²) in [6.45, 7) is 1.94. The van der Waals surface area contributed by atoms with Crippen molar-refractivity contribution in [2.75, 3.05) is 25.7 Å². The van der Waals surface area contributed by atoms with Gasteiger partial charge in [-0.25, -0.2) is 13.2 Å². The van der Waals surface area contributed by atoms with Crippen molar-refractivity contribution in [1.29, 1.82) is 0 Å². The van der Waals surface area contributed by atoms with Crippen molar-refractivity contribution in [2.45, 2.75) is 68.1 Å². The summed E-state index contributed by atoms with van der Waals surface area (Å²) in [5.41, 5.74) is 3.95. The lowest BCUT2D eigenvalue weighted by Gasteiger charge is -2.11. The van der Waals surface area contributed by atoms with Crippen LogP contribution in [0.2, 0.25) is 10.0 Å². The molecule has 4 aromatic rings. The quantitative estimate of drug-likeness (QED) is 0.0951. The van der Waals surface area contributed by atoms with Crippen LogP contribution in [-0.2, 0) is 38.3 Å². The number of carboxylic acid groups (broad SMARTS) is 1. The third-order valence-electron chi connectivity index (χ3n) is 8.43. The number of nitrogens with two attached hydrogens (primary N) is 1. The highest BCUT2D eigenvalue weighted by molar-refractivity contribution is 7.90. The molecule has 0 spiro atoms. The van der Waals surface area contributed by atoms with Crippen LogP contribution in [0.25, 0.3) is 5.69 Å². The molecule has 2 unspecified atom stereocenters. The van der Waals surface area contributed by atoms with Crippen LogP contribution in [0.15, 0.2) is 50.7 Å². The van der Waals surface area contributed by atoms with Crippen LogP contribution in [0.5, 0.6) is 5.75 Å². The summed E-state index contributed by atoms with van der Waals surface area (Å²) in [5.74, 6) is 2.04. The van der Waals surface area contributed by atoms with Crippen LogP contribution >= 0.6 is 30.6 Å². The molecule has 2 aromatic heterocycles. The number of aryl methyl sites for hydroxylation is 1. The fraction of sp³-hybridized carbons (Fsp3) is 0.400. The van der Waals surface area contributed by atoms with E-state index in [0.717, 1.165) is 50.3 Å². The molecule has 2 aliphatic rings. The molecule has 1 fully saturated rings. The number of benzene rings is 2. The lowest BCUT2D eigenvalue weighted by Crippen LogP contribution is -2.30. The number of alkyl halides is 3. The topological polar surface area (TPSA) is 227 Å². The maximum atomic E-state index is 12.8. The Labute approximate surface area is 334 Å². The van der Waals surface area contributed by atoms with Gasteiger partial charge in [-0.1, -0.05) is 34.3 Å². The number of aliphatic carboxylic acids is 1. The lowest BCUT2D eigenvalue weighted by molar-refractivity contribution is -0.139. The first-order chi connectivity index (χ1) is 26.5. The van der Waals surface area contributed by atoms with Gasteiger partial charge in [0.1, 0.15) is 24.2 Å².